The highest BCUT2D eigenvalue weighted by Gasteiger charge is 2.23. The molecule has 0 aliphatic heterocycles. The Balaban J connectivity index is 2.04. The van der Waals surface area contributed by atoms with Crippen LogP contribution in [0, 0.1) is 5.92 Å². The number of hydrogen-bond donors (Lipinski definition) is 1. The van der Waals surface area contributed by atoms with Crippen molar-refractivity contribution in [3.05, 3.63) is 58.7 Å². The van der Waals surface area contributed by atoms with Gasteiger partial charge in [-0.05, 0) is 29.2 Å². The molecular weight excluding hydrogens is 312 g/mol. The minimum atomic E-state index is -0.210. The lowest BCUT2D eigenvalue weighted by Gasteiger charge is -2.21. The fourth-order valence-corrected chi connectivity index (χ4v) is 2.57. The number of carbonyl (C=O) groups excluding carboxylic acids is 1. The zero-order valence-corrected chi connectivity index (χ0v) is 14.3. The number of halogens is 1. The summed E-state index contributed by atoms with van der Waals surface area (Å²) in [6.07, 6.45) is 1.70. The number of nitrogens with zero attached hydrogens (tertiary/aromatic N) is 1. The van der Waals surface area contributed by atoms with Crippen LogP contribution in [0.5, 0.6) is 5.88 Å². The fraction of sp³-hybridized carbons (Fsp3) is 0.333. The number of hydrogen-bond acceptors (Lipinski definition) is 3. The summed E-state index contributed by atoms with van der Waals surface area (Å²) in [6.45, 7) is 4.51. The van der Waals surface area contributed by atoms with Crippen molar-refractivity contribution in [3.8, 4) is 5.88 Å². The summed E-state index contributed by atoms with van der Waals surface area (Å²) in [5.41, 5.74) is 1.90. The van der Waals surface area contributed by atoms with Crippen LogP contribution in [-0.4, -0.2) is 18.0 Å². The van der Waals surface area contributed by atoms with Crippen LogP contribution >= 0.6 is 11.6 Å². The molecule has 23 heavy (non-hydrogen) atoms. The molecule has 1 N–H and O–H groups in total. The first-order chi connectivity index (χ1) is 11.0. The molecule has 0 spiro atoms. The van der Waals surface area contributed by atoms with E-state index in [2.05, 4.69) is 10.3 Å². The number of carbonyl (C=O) groups is 1. The number of pyridine rings is 1. The summed E-state index contributed by atoms with van der Waals surface area (Å²) in [5.74, 6) is 0.531. The van der Waals surface area contributed by atoms with Crippen LogP contribution in [0.25, 0.3) is 0 Å². The molecule has 0 unspecified atom stereocenters. The molecule has 0 aliphatic rings. The molecule has 5 heteroatoms. The van der Waals surface area contributed by atoms with Crippen molar-refractivity contribution >= 4 is 17.5 Å². The molecule has 0 fully saturated rings. The number of benzene rings is 1. The molecule has 0 saturated heterocycles. The van der Waals surface area contributed by atoms with E-state index in [0.29, 0.717) is 17.4 Å². The number of rotatable bonds is 6. The van der Waals surface area contributed by atoms with Gasteiger partial charge in [0.15, 0.2) is 0 Å². The molecule has 2 aromatic rings. The molecule has 1 amide bonds. The second kappa shape index (κ2) is 7.97. The third-order valence-corrected chi connectivity index (χ3v) is 3.90. The molecule has 1 aromatic carbocycles. The predicted octanol–water partition coefficient (Wildman–Crippen LogP) is 3.80. The largest absolute Gasteiger partial charge is 0.481 e. The smallest absolute Gasteiger partial charge is 0.228 e. The van der Waals surface area contributed by atoms with Crippen LogP contribution in [0.2, 0.25) is 5.02 Å². The third kappa shape index (κ3) is 4.70. The Labute approximate surface area is 141 Å². The van der Waals surface area contributed by atoms with Crippen molar-refractivity contribution in [2.75, 3.05) is 7.11 Å². The lowest BCUT2D eigenvalue weighted by Crippen LogP contribution is -2.31. The number of ether oxygens (including phenoxy) is 1. The molecule has 1 aromatic heterocycles. The minimum Gasteiger partial charge on any atom is -0.481 e. The van der Waals surface area contributed by atoms with E-state index in [1.165, 1.54) is 0 Å². The van der Waals surface area contributed by atoms with Crippen molar-refractivity contribution in [3.63, 3.8) is 0 Å². The van der Waals surface area contributed by atoms with E-state index in [4.69, 9.17) is 16.3 Å². The van der Waals surface area contributed by atoms with Crippen LogP contribution in [-0.2, 0) is 11.3 Å². The van der Waals surface area contributed by atoms with E-state index in [9.17, 15) is 4.79 Å². The fourth-order valence-electron chi connectivity index (χ4n) is 2.44. The topological polar surface area (TPSA) is 51.2 Å². The van der Waals surface area contributed by atoms with Crippen molar-refractivity contribution in [1.29, 1.82) is 0 Å². The Morgan fingerprint density at radius 2 is 1.91 bits per heavy atom. The second-order valence-corrected chi connectivity index (χ2v) is 6.14. The van der Waals surface area contributed by atoms with Crippen molar-refractivity contribution in [1.82, 2.24) is 10.3 Å². The van der Waals surface area contributed by atoms with Gasteiger partial charge < -0.3 is 10.1 Å². The van der Waals surface area contributed by atoms with Gasteiger partial charge in [0.1, 0.15) is 0 Å². The van der Waals surface area contributed by atoms with Crippen LogP contribution in [0.4, 0.5) is 0 Å². The van der Waals surface area contributed by atoms with E-state index in [-0.39, 0.29) is 17.7 Å². The second-order valence-electron chi connectivity index (χ2n) is 5.70. The van der Waals surface area contributed by atoms with Gasteiger partial charge in [-0.15, -0.1) is 0 Å². The number of methoxy groups -OCH3 is 1. The monoisotopic (exact) mass is 332 g/mol. The Kier molecular flexibility index (Phi) is 5.99. The normalized spacial score (nSPS) is 12.0. The van der Waals surface area contributed by atoms with Gasteiger partial charge in [0, 0.05) is 23.8 Å². The van der Waals surface area contributed by atoms with Gasteiger partial charge in [-0.25, -0.2) is 4.98 Å². The maximum atomic E-state index is 12.6. The first kappa shape index (κ1) is 17.3. The average molecular weight is 333 g/mol. The minimum absolute atomic E-state index is 0.00172. The quantitative estimate of drug-likeness (QED) is 0.875. The lowest BCUT2D eigenvalue weighted by molar-refractivity contribution is -0.123. The molecule has 0 radical (unpaired) electrons. The van der Waals surface area contributed by atoms with E-state index in [1.54, 1.807) is 19.4 Å². The van der Waals surface area contributed by atoms with Gasteiger partial charge in [-0.1, -0.05) is 43.6 Å². The highest BCUT2D eigenvalue weighted by molar-refractivity contribution is 6.30. The zero-order valence-electron chi connectivity index (χ0n) is 13.5. The lowest BCUT2D eigenvalue weighted by atomic mass is 9.87. The standard InChI is InChI=1S/C18H21ClN2O2/c1-12(2)17(14-5-7-15(19)8-6-14)18(22)21-11-13-4-9-16(23-3)20-10-13/h4-10,12,17H,11H2,1-3H3,(H,21,22)/t17-/m0/s1. The Bertz CT molecular complexity index is 639. The molecule has 122 valence electrons. The molecular formula is C18H21ClN2O2. The summed E-state index contributed by atoms with van der Waals surface area (Å²) >= 11 is 5.92. The summed E-state index contributed by atoms with van der Waals surface area (Å²) in [4.78, 5) is 16.7. The van der Waals surface area contributed by atoms with Gasteiger partial charge in [-0.3, -0.25) is 4.79 Å². The Morgan fingerprint density at radius 1 is 1.22 bits per heavy atom. The van der Waals surface area contributed by atoms with Gasteiger partial charge in [0.2, 0.25) is 11.8 Å². The predicted molar refractivity (Wildman–Crippen MR) is 91.7 cm³/mol. The molecule has 0 saturated carbocycles. The Hall–Kier alpha value is -2.07. The van der Waals surface area contributed by atoms with E-state index in [1.807, 2.05) is 44.2 Å². The van der Waals surface area contributed by atoms with Crippen LogP contribution in [0.3, 0.4) is 0 Å². The summed E-state index contributed by atoms with van der Waals surface area (Å²) in [5, 5.41) is 3.65. The van der Waals surface area contributed by atoms with Crippen LogP contribution in [0.15, 0.2) is 42.6 Å². The maximum Gasteiger partial charge on any atom is 0.228 e. The van der Waals surface area contributed by atoms with Crippen molar-refractivity contribution < 1.29 is 9.53 Å². The average Bonchev–Trinajstić information content (AvgIpc) is 2.55. The highest BCUT2D eigenvalue weighted by Crippen LogP contribution is 2.26. The van der Waals surface area contributed by atoms with Gasteiger partial charge in [-0.2, -0.15) is 0 Å². The summed E-state index contributed by atoms with van der Waals surface area (Å²) in [7, 11) is 1.57. The molecule has 1 heterocycles. The van der Waals surface area contributed by atoms with Crippen LogP contribution in [0.1, 0.15) is 30.9 Å². The van der Waals surface area contributed by atoms with E-state index >= 15 is 0 Å². The molecule has 0 bridgehead atoms. The molecule has 1 atom stereocenters. The van der Waals surface area contributed by atoms with Crippen molar-refractivity contribution in [2.45, 2.75) is 26.3 Å². The Morgan fingerprint density at radius 3 is 2.43 bits per heavy atom. The molecule has 0 aliphatic carbocycles. The van der Waals surface area contributed by atoms with Crippen molar-refractivity contribution in [2.24, 2.45) is 5.92 Å². The van der Waals surface area contributed by atoms with Gasteiger partial charge in [0.05, 0.1) is 13.0 Å². The molecule has 2 rings (SSSR count). The summed E-state index contributed by atoms with van der Waals surface area (Å²) in [6, 6.07) is 11.1. The SMILES string of the molecule is COc1ccc(CNC(=O)[C@H](c2ccc(Cl)cc2)C(C)C)cn1. The summed E-state index contributed by atoms with van der Waals surface area (Å²) < 4.78 is 5.02. The van der Waals surface area contributed by atoms with E-state index in [0.717, 1.165) is 11.1 Å². The van der Waals surface area contributed by atoms with Crippen LogP contribution < -0.4 is 10.1 Å². The van der Waals surface area contributed by atoms with E-state index < -0.39 is 0 Å². The third-order valence-electron chi connectivity index (χ3n) is 3.65. The number of amides is 1. The number of nitrogens with one attached hydrogen (secondary N) is 1. The zero-order chi connectivity index (χ0) is 16.8. The first-order valence-electron chi connectivity index (χ1n) is 7.53. The highest BCUT2D eigenvalue weighted by atomic mass is 35.5. The van der Waals surface area contributed by atoms with Gasteiger partial charge >= 0.3 is 0 Å². The van der Waals surface area contributed by atoms with Gasteiger partial charge in [0.25, 0.3) is 0 Å². The maximum absolute atomic E-state index is 12.6. The molecule has 4 nitrogen and oxygen atoms in total. The first-order valence-corrected chi connectivity index (χ1v) is 7.91. The number of aromatic nitrogens is 1.